The summed E-state index contributed by atoms with van der Waals surface area (Å²) < 4.78 is 12.9. The van der Waals surface area contributed by atoms with E-state index in [2.05, 4.69) is 27.8 Å². The van der Waals surface area contributed by atoms with Crippen LogP contribution in [0, 0.1) is 5.82 Å². The number of carbonyl (C=O) groups is 1. The van der Waals surface area contributed by atoms with Crippen LogP contribution in [0.25, 0.3) is 11.3 Å². The number of carbonyl (C=O) groups excluding carboxylic acids is 1. The van der Waals surface area contributed by atoms with Crippen molar-refractivity contribution in [2.75, 3.05) is 5.32 Å². The second-order valence-corrected chi connectivity index (χ2v) is 7.03. The summed E-state index contributed by atoms with van der Waals surface area (Å²) in [4.78, 5) is 17.8. The van der Waals surface area contributed by atoms with Gasteiger partial charge in [-0.05, 0) is 42.0 Å². The van der Waals surface area contributed by atoms with Crippen molar-refractivity contribution in [1.29, 1.82) is 0 Å². The summed E-state index contributed by atoms with van der Waals surface area (Å²) >= 11 is 6.69. The zero-order valence-corrected chi connectivity index (χ0v) is 14.5. The minimum atomic E-state index is -0.396. The average Bonchev–Trinajstić information content (AvgIpc) is 3.12. The van der Waals surface area contributed by atoms with Gasteiger partial charge in [0.05, 0.1) is 5.69 Å². The Morgan fingerprint density at radius 3 is 2.72 bits per heavy atom. The molecule has 1 heterocycles. The molecule has 3 aromatic rings. The molecule has 0 atom stereocenters. The van der Waals surface area contributed by atoms with Gasteiger partial charge in [-0.1, -0.05) is 24.3 Å². The van der Waals surface area contributed by atoms with Crippen LogP contribution in [0.2, 0.25) is 0 Å². The smallest absolute Gasteiger partial charge is 0.257 e. The summed E-state index contributed by atoms with van der Waals surface area (Å²) in [6.07, 6.45) is 0.861. The second-order valence-electron chi connectivity index (χ2n) is 5.54. The van der Waals surface area contributed by atoms with E-state index in [-0.39, 0.29) is 5.11 Å². The summed E-state index contributed by atoms with van der Waals surface area (Å²) in [5.74, 6) is -0.790. The molecule has 124 valence electrons. The first-order valence-electron chi connectivity index (χ1n) is 7.56. The number of thiocarbonyl (C=S) groups is 1. The Kier molecular flexibility index (Phi) is 4.03. The average molecular weight is 369 g/mol. The van der Waals surface area contributed by atoms with Crippen LogP contribution in [-0.4, -0.2) is 16.0 Å². The zero-order chi connectivity index (χ0) is 17.4. The van der Waals surface area contributed by atoms with Crippen LogP contribution < -0.4 is 10.6 Å². The number of anilines is 1. The molecule has 0 radical (unpaired) electrons. The van der Waals surface area contributed by atoms with Crippen LogP contribution in [0.15, 0.2) is 48.5 Å². The van der Waals surface area contributed by atoms with E-state index in [9.17, 15) is 9.18 Å². The number of benzene rings is 2. The second kappa shape index (κ2) is 6.34. The van der Waals surface area contributed by atoms with Crippen LogP contribution in [0.5, 0.6) is 0 Å². The molecule has 0 fully saturated rings. The SMILES string of the molecule is O=C(NC(=S)Nc1nc2c(s1)Cc1ccccc1-2)c1ccc(F)cc1. The Bertz CT molecular complexity index is 982. The number of thiazole rings is 1. The molecule has 4 rings (SSSR count). The summed E-state index contributed by atoms with van der Waals surface area (Å²) in [6.45, 7) is 0. The minimum Gasteiger partial charge on any atom is -0.308 e. The normalized spacial score (nSPS) is 11.6. The monoisotopic (exact) mass is 369 g/mol. The Morgan fingerprint density at radius 1 is 1.16 bits per heavy atom. The van der Waals surface area contributed by atoms with Crippen molar-refractivity contribution in [3.8, 4) is 11.3 Å². The minimum absolute atomic E-state index is 0.162. The number of nitrogens with one attached hydrogen (secondary N) is 2. The van der Waals surface area contributed by atoms with E-state index >= 15 is 0 Å². The molecule has 0 bridgehead atoms. The van der Waals surface area contributed by atoms with E-state index in [1.54, 1.807) is 0 Å². The van der Waals surface area contributed by atoms with Gasteiger partial charge in [0.15, 0.2) is 10.2 Å². The van der Waals surface area contributed by atoms with Gasteiger partial charge >= 0.3 is 0 Å². The molecular formula is C18H12FN3OS2. The number of fused-ring (bicyclic) bond motifs is 3. The molecule has 0 aliphatic heterocycles. The van der Waals surface area contributed by atoms with E-state index < -0.39 is 11.7 Å². The van der Waals surface area contributed by atoms with E-state index in [0.717, 1.165) is 17.7 Å². The molecule has 0 unspecified atom stereocenters. The third kappa shape index (κ3) is 3.16. The molecule has 2 N–H and O–H groups in total. The Hall–Kier alpha value is -2.64. The predicted octanol–water partition coefficient (Wildman–Crippen LogP) is 3.98. The number of rotatable bonds is 2. The van der Waals surface area contributed by atoms with Crippen molar-refractivity contribution in [3.63, 3.8) is 0 Å². The Labute approximate surface area is 152 Å². The van der Waals surface area contributed by atoms with Crippen LogP contribution in [0.1, 0.15) is 20.8 Å². The van der Waals surface area contributed by atoms with Gasteiger partial charge in [0.25, 0.3) is 5.91 Å². The van der Waals surface area contributed by atoms with Crippen molar-refractivity contribution >= 4 is 39.7 Å². The fourth-order valence-corrected chi connectivity index (χ4v) is 3.98. The van der Waals surface area contributed by atoms with Gasteiger partial charge < -0.3 is 5.32 Å². The molecule has 1 aromatic heterocycles. The molecule has 1 aliphatic carbocycles. The van der Waals surface area contributed by atoms with Crippen molar-refractivity contribution < 1.29 is 9.18 Å². The third-order valence-corrected chi connectivity index (χ3v) is 5.05. The van der Waals surface area contributed by atoms with Gasteiger partial charge in [0.2, 0.25) is 0 Å². The van der Waals surface area contributed by atoms with Gasteiger partial charge in [-0.2, -0.15) is 0 Å². The number of nitrogens with zero attached hydrogens (tertiary/aromatic N) is 1. The molecular weight excluding hydrogens is 357 g/mol. The van der Waals surface area contributed by atoms with Gasteiger partial charge in [-0.15, -0.1) is 11.3 Å². The molecule has 0 saturated heterocycles. The zero-order valence-electron chi connectivity index (χ0n) is 12.9. The molecule has 4 nitrogen and oxygen atoms in total. The van der Waals surface area contributed by atoms with Crippen LogP contribution in [0.3, 0.4) is 0 Å². The van der Waals surface area contributed by atoms with Crippen LogP contribution >= 0.6 is 23.6 Å². The van der Waals surface area contributed by atoms with E-state index in [1.807, 2.05) is 12.1 Å². The van der Waals surface area contributed by atoms with Crippen molar-refractivity contribution in [2.24, 2.45) is 0 Å². The first kappa shape index (κ1) is 15.9. The first-order valence-corrected chi connectivity index (χ1v) is 8.78. The molecule has 25 heavy (non-hydrogen) atoms. The van der Waals surface area contributed by atoms with Crippen molar-refractivity contribution in [2.45, 2.75) is 6.42 Å². The number of hydrogen-bond acceptors (Lipinski definition) is 4. The number of aromatic nitrogens is 1. The summed E-state index contributed by atoms with van der Waals surface area (Å²) in [5.41, 5.74) is 3.72. The molecule has 0 saturated carbocycles. The first-order chi connectivity index (χ1) is 12.1. The standard InChI is InChI=1S/C18H12FN3OS2/c19-12-7-5-10(6-8-12)16(23)21-17(24)22-18-20-15-13-4-2-1-3-11(13)9-14(15)25-18/h1-8H,9H2,(H2,20,21,22,23,24). The molecule has 1 amide bonds. The number of amides is 1. The van der Waals surface area contributed by atoms with Crippen molar-refractivity contribution in [3.05, 3.63) is 70.4 Å². The predicted molar refractivity (Wildman–Crippen MR) is 100 cm³/mol. The Balaban J connectivity index is 1.44. The van der Waals surface area contributed by atoms with E-state index in [0.29, 0.717) is 10.7 Å². The van der Waals surface area contributed by atoms with Gasteiger partial charge in [0.1, 0.15) is 5.82 Å². The number of hydrogen-bond donors (Lipinski definition) is 2. The lowest BCUT2D eigenvalue weighted by molar-refractivity contribution is 0.0977. The lowest BCUT2D eigenvalue weighted by atomic mass is 10.1. The largest absolute Gasteiger partial charge is 0.308 e. The molecule has 7 heteroatoms. The highest BCUT2D eigenvalue weighted by Gasteiger charge is 2.23. The molecule has 0 spiro atoms. The summed E-state index contributed by atoms with van der Waals surface area (Å²) in [7, 11) is 0. The maximum Gasteiger partial charge on any atom is 0.257 e. The van der Waals surface area contributed by atoms with E-state index in [1.165, 1.54) is 46.0 Å². The fourth-order valence-electron chi connectivity index (χ4n) is 2.72. The van der Waals surface area contributed by atoms with E-state index in [4.69, 9.17) is 12.2 Å². The van der Waals surface area contributed by atoms with Crippen LogP contribution in [0.4, 0.5) is 9.52 Å². The van der Waals surface area contributed by atoms with Crippen LogP contribution in [-0.2, 0) is 6.42 Å². The van der Waals surface area contributed by atoms with Gasteiger partial charge in [0, 0.05) is 22.4 Å². The Morgan fingerprint density at radius 2 is 1.92 bits per heavy atom. The highest BCUT2D eigenvalue weighted by molar-refractivity contribution is 7.80. The summed E-state index contributed by atoms with van der Waals surface area (Å²) in [5, 5.41) is 6.33. The van der Waals surface area contributed by atoms with Crippen molar-refractivity contribution in [1.82, 2.24) is 10.3 Å². The highest BCUT2D eigenvalue weighted by atomic mass is 32.1. The maximum atomic E-state index is 12.9. The fraction of sp³-hybridized carbons (Fsp3) is 0.0556. The lowest BCUT2D eigenvalue weighted by Gasteiger charge is -2.07. The molecule has 2 aromatic carbocycles. The third-order valence-electron chi connectivity index (χ3n) is 3.87. The van der Waals surface area contributed by atoms with Gasteiger partial charge in [-0.3, -0.25) is 10.1 Å². The highest BCUT2D eigenvalue weighted by Crippen LogP contribution is 2.40. The topological polar surface area (TPSA) is 54.0 Å². The van der Waals surface area contributed by atoms with Gasteiger partial charge in [-0.25, -0.2) is 9.37 Å². The maximum absolute atomic E-state index is 12.9. The summed E-state index contributed by atoms with van der Waals surface area (Å²) in [6, 6.07) is 13.4. The lowest BCUT2D eigenvalue weighted by Crippen LogP contribution is -2.34. The molecule has 1 aliphatic rings. The quantitative estimate of drug-likeness (QED) is 0.525. The number of halogens is 1.